The second kappa shape index (κ2) is 11.7. The highest BCUT2D eigenvalue weighted by molar-refractivity contribution is 14.0. The van der Waals surface area contributed by atoms with E-state index in [4.69, 9.17) is 0 Å². The average molecular weight is 476 g/mol. The maximum absolute atomic E-state index is 12.5. The van der Waals surface area contributed by atoms with Gasteiger partial charge in [0.15, 0.2) is 11.7 Å². The van der Waals surface area contributed by atoms with E-state index < -0.39 is 11.9 Å². The molecule has 0 aromatic carbocycles. The number of hydrogen-bond acceptors (Lipinski definition) is 3. The largest absolute Gasteiger partial charge is 0.434 e. The summed E-state index contributed by atoms with van der Waals surface area (Å²) in [5.74, 6) is 0.754. The van der Waals surface area contributed by atoms with Crippen molar-refractivity contribution in [3.8, 4) is 0 Å². The molecule has 0 aliphatic heterocycles. The van der Waals surface area contributed by atoms with Crippen molar-refractivity contribution in [1.82, 2.24) is 15.2 Å². The second-order valence-electron chi connectivity index (χ2n) is 4.96. The lowest BCUT2D eigenvalue weighted by Crippen LogP contribution is -2.39. The van der Waals surface area contributed by atoms with Gasteiger partial charge in [-0.2, -0.15) is 13.2 Å². The third kappa shape index (κ3) is 8.32. The Morgan fingerprint density at radius 3 is 2.75 bits per heavy atom. The summed E-state index contributed by atoms with van der Waals surface area (Å²) in [6, 6.07) is 0. The van der Waals surface area contributed by atoms with Crippen LogP contribution < -0.4 is 5.32 Å². The number of allylic oxidation sites excluding steroid dienone is 1. The van der Waals surface area contributed by atoms with Crippen molar-refractivity contribution in [1.29, 1.82) is 0 Å². The molecule has 4 nitrogen and oxygen atoms in total. The van der Waals surface area contributed by atoms with Crippen LogP contribution in [0.25, 0.3) is 0 Å². The first kappa shape index (κ1) is 23.2. The number of halogens is 4. The number of thiazole rings is 1. The van der Waals surface area contributed by atoms with E-state index in [0.29, 0.717) is 18.0 Å². The quantitative estimate of drug-likeness (QED) is 0.201. The number of hydrogen-bond donors (Lipinski definition) is 1. The summed E-state index contributed by atoms with van der Waals surface area (Å²) in [6.07, 6.45) is -0.192. The van der Waals surface area contributed by atoms with Crippen molar-refractivity contribution in [2.45, 2.75) is 32.4 Å². The molecular weight excluding hydrogens is 452 g/mol. The third-order valence-corrected chi connectivity index (χ3v) is 3.94. The van der Waals surface area contributed by atoms with Crippen LogP contribution in [0.4, 0.5) is 13.2 Å². The molecule has 9 heteroatoms. The number of unbranched alkanes of at least 4 members (excludes halogenated alkanes) is 1. The van der Waals surface area contributed by atoms with Gasteiger partial charge in [0.2, 0.25) is 0 Å². The van der Waals surface area contributed by atoms with Crippen LogP contribution >= 0.6 is 35.3 Å². The minimum absolute atomic E-state index is 0. The van der Waals surface area contributed by atoms with Gasteiger partial charge in [0.1, 0.15) is 0 Å². The van der Waals surface area contributed by atoms with Crippen LogP contribution in [0.5, 0.6) is 0 Å². The van der Waals surface area contributed by atoms with E-state index in [1.54, 1.807) is 0 Å². The molecule has 0 bridgehead atoms. The third-order valence-electron chi connectivity index (χ3n) is 3.03. The number of guanidine groups is 1. The van der Waals surface area contributed by atoms with Gasteiger partial charge in [0.05, 0.1) is 5.01 Å². The molecule has 0 aliphatic carbocycles. The van der Waals surface area contributed by atoms with Gasteiger partial charge in [-0.05, 0) is 19.8 Å². The van der Waals surface area contributed by atoms with Gasteiger partial charge < -0.3 is 10.2 Å². The number of alkyl halides is 3. The molecule has 1 aromatic rings. The Balaban J connectivity index is 0.00000529. The Hall–Kier alpha value is -0.840. The summed E-state index contributed by atoms with van der Waals surface area (Å²) < 4.78 is 37.5. The highest BCUT2D eigenvalue weighted by atomic mass is 127. The normalized spacial score (nSPS) is 11.8. The number of aliphatic imine (C=N–C) groups is 1. The first-order valence-electron chi connectivity index (χ1n) is 7.50. The number of nitrogens with one attached hydrogen (secondary N) is 1. The topological polar surface area (TPSA) is 40.5 Å². The highest BCUT2D eigenvalue weighted by Crippen LogP contribution is 2.30. The number of nitrogens with zero attached hydrogens (tertiary/aromatic N) is 3. The lowest BCUT2D eigenvalue weighted by Gasteiger charge is -2.21. The van der Waals surface area contributed by atoms with Gasteiger partial charge in [-0.25, -0.2) is 4.98 Å². The van der Waals surface area contributed by atoms with Gasteiger partial charge in [-0.15, -0.1) is 41.9 Å². The van der Waals surface area contributed by atoms with E-state index in [1.165, 1.54) is 0 Å². The van der Waals surface area contributed by atoms with Gasteiger partial charge in [0, 0.05) is 38.5 Å². The molecule has 0 saturated carbocycles. The molecule has 0 fully saturated rings. The molecule has 1 aromatic heterocycles. The molecule has 0 saturated heterocycles. The molecule has 0 aliphatic rings. The molecule has 1 heterocycles. The smallest absolute Gasteiger partial charge is 0.357 e. The fourth-order valence-corrected chi connectivity index (χ4v) is 2.66. The van der Waals surface area contributed by atoms with E-state index in [9.17, 15) is 13.2 Å². The second-order valence-corrected chi connectivity index (χ2v) is 5.91. The first-order chi connectivity index (χ1) is 10.9. The van der Waals surface area contributed by atoms with E-state index in [-0.39, 0.29) is 24.0 Å². The molecule has 0 spiro atoms. The van der Waals surface area contributed by atoms with Gasteiger partial charge in [-0.3, -0.25) is 4.99 Å². The molecule has 1 N–H and O–H groups in total. The lowest BCUT2D eigenvalue weighted by atomic mass is 10.3. The Kier molecular flexibility index (Phi) is 11.3. The maximum Gasteiger partial charge on any atom is 0.434 e. The van der Waals surface area contributed by atoms with Crippen LogP contribution in [0.1, 0.15) is 30.5 Å². The van der Waals surface area contributed by atoms with E-state index in [0.717, 1.165) is 48.6 Å². The van der Waals surface area contributed by atoms with Crippen molar-refractivity contribution in [2.75, 3.05) is 26.7 Å². The zero-order valence-corrected chi connectivity index (χ0v) is 17.0. The minimum atomic E-state index is -4.38. The van der Waals surface area contributed by atoms with Crippen LogP contribution in [-0.2, 0) is 12.6 Å². The molecular formula is C15H24F3IN4S. The molecule has 24 heavy (non-hydrogen) atoms. The summed E-state index contributed by atoms with van der Waals surface area (Å²) in [7, 11) is 1.94. The summed E-state index contributed by atoms with van der Waals surface area (Å²) in [4.78, 5) is 10.1. The molecule has 1 rings (SSSR count). The zero-order chi connectivity index (χ0) is 17.3. The van der Waals surface area contributed by atoms with Crippen LogP contribution in [0, 0.1) is 0 Å². The van der Waals surface area contributed by atoms with Gasteiger partial charge in [-0.1, -0.05) is 6.08 Å². The van der Waals surface area contributed by atoms with Crippen LogP contribution in [-0.4, -0.2) is 42.5 Å². The van der Waals surface area contributed by atoms with Crippen molar-refractivity contribution >= 4 is 41.3 Å². The maximum atomic E-state index is 12.5. The van der Waals surface area contributed by atoms with Crippen LogP contribution in [0.2, 0.25) is 0 Å². The molecule has 0 amide bonds. The van der Waals surface area contributed by atoms with Gasteiger partial charge >= 0.3 is 6.18 Å². The average Bonchev–Trinajstić information content (AvgIpc) is 2.95. The number of aromatic nitrogens is 1. The van der Waals surface area contributed by atoms with Crippen molar-refractivity contribution < 1.29 is 13.2 Å². The number of rotatable bonds is 8. The predicted molar refractivity (Wildman–Crippen MR) is 104 cm³/mol. The van der Waals surface area contributed by atoms with Crippen molar-refractivity contribution in [3.63, 3.8) is 0 Å². The summed E-state index contributed by atoms with van der Waals surface area (Å²) in [6.45, 7) is 7.65. The standard InChI is InChI=1S/C15H23F3N4S.HI/c1-4-6-7-10-22(3)14(19-5-2)20-9-8-13-21-12(11-23-13)15(16,17)18;/h4,11H,1,5-10H2,2-3H3,(H,19,20);1H. The molecule has 0 atom stereocenters. The summed E-state index contributed by atoms with van der Waals surface area (Å²) in [5, 5.41) is 4.68. The molecule has 0 radical (unpaired) electrons. The summed E-state index contributed by atoms with van der Waals surface area (Å²) in [5.41, 5.74) is -0.824. The SMILES string of the molecule is C=CCCCN(C)C(=NCCc1nc(C(F)(F)F)cs1)NCC.I. The highest BCUT2D eigenvalue weighted by Gasteiger charge is 2.33. The van der Waals surface area contributed by atoms with Crippen molar-refractivity contribution in [3.05, 3.63) is 28.7 Å². The minimum Gasteiger partial charge on any atom is -0.357 e. The lowest BCUT2D eigenvalue weighted by molar-refractivity contribution is -0.140. The van der Waals surface area contributed by atoms with E-state index >= 15 is 0 Å². The molecule has 0 unspecified atom stereocenters. The monoisotopic (exact) mass is 476 g/mol. The molecule has 138 valence electrons. The Bertz CT molecular complexity index is 517. The summed E-state index contributed by atoms with van der Waals surface area (Å²) >= 11 is 1.02. The fraction of sp³-hybridized carbons (Fsp3) is 0.600. The predicted octanol–water partition coefficient (Wildman–Crippen LogP) is 4.19. The van der Waals surface area contributed by atoms with Gasteiger partial charge in [0.25, 0.3) is 0 Å². The Morgan fingerprint density at radius 1 is 1.50 bits per heavy atom. The van der Waals surface area contributed by atoms with Crippen molar-refractivity contribution in [2.24, 2.45) is 4.99 Å². The van der Waals surface area contributed by atoms with Crippen LogP contribution in [0.15, 0.2) is 23.0 Å². The van der Waals surface area contributed by atoms with E-state index in [1.807, 2.05) is 24.9 Å². The fourth-order valence-electron chi connectivity index (χ4n) is 1.86. The Labute approximate surface area is 162 Å². The van der Waals surface area contributed by atoms with E-state index in [2.05, 4.69) is 21.9 Å². The van der Waals surface area contributed by atoms with Crippen LogP contribution in [0.3, 0.4) is 0 Å². The first-order valence-corrected chi connectivity index (χ1v) is 8.38. The Morgan fingerprint density at radius 2 is 2.21 bits per heavy atom. The zero-order valence-electron chi connectivity index (χ0n) is 13.9.